The van der Waals surface area contributed by atoms with Crippen molar-refractivity contribution in [2.75, 3.05) is 15.8 Å². The number of sulfonamides is 1. The molecule has 1 aromatic carbocycles. The second-order valence-corrected chi connectivity index (χ2v) is 8.63. The van der Waals surface area contributed by atoms with E-state index in [-0.39, 0.29) is 17.6 Å². The number of carbonyl (C=O) groups is 1. The molecule has 2 atom stereocenters. The van der Waals surface area contributed by atoms with Gasteiger partial charge in [0.05, 0.1) is 11.7 Å². The molecule has 1 aromatic rings. The highest BCUT2D eigenvalue weighted by atomic mass is 32.2. The SMILES string of the molecule is CCCS(=O)(=O)Nc1ccc(NC(=O)C2CCCCC2(C)N)cc1. The number of carbonyl (C=O) groups excluding carboxylic acids is 1. The van der Waals surface area contributed by atoms with Crippen molar-refractivity contribution in [3.63, 3.8) is 0 Å². The van der Waals surface area contributed by atoms with Gasteiger partial charge in [-0.3, -0.25) is 9.52 Å². The lowest BCUT2D eigenvalue weighted by Gasteiger charge is -2.37. The number of hydrogen-bond acceptors (Lipinski definition) is 4. The first-order valence-corrected chi connectivity index (χ1v) is 10.1. The van der Waals surface area contributed by atoms with Crippen molar-refractivity contribution in [1.29, 1.82) is 0 Å². The van der Waals surface area contributed by atoms with Gasteiger partial charge >= 0.3 is 0 Å². The first-order valence-electron chi connectivity index (χ1n) is 8.44. The van der Waals surface area contributed by atoms with Crippen LogP contribution >= 0.6 is 0 Å². The van der Waals surface area contributed by atoms with Gasteiger partial charge in [0, 0.05) is 16.9 Å². The number of anilines is 2. The van der Waals surface area contributed by atoms with Gasteiger partial charge < -0.3 is 11.1 Å². The highest BCUT2D eigenvalue weighted by molar-refractivity contribution is 7.92. The normalized spacial score (nSPS) is 24.4. The fourth-order valence-electron chi connectivity index (χ4n) is 3.14. The van der Waals surface area contributed by atoms with Crippen LogP contribution in [0.25, 0.3) is 0 Å². The summed E-state index contributed by atoms with van der Waals surface area (Å²) >= 11 is 0. The highest BCUT2D eigenvalue weighted by Gasteiger charge is 2.37. The molecule has 1 fully saturated rings. The molecule has 0 spiro atoms. The molecule has 6 nitrogen and oxygen atoms in total. The van der Waals surface area contributed by atoms with Gasteiger partial charge in [0.2, 0.25) is 15.9 Å². The van der Waals surface area contributed by atoms with Crippen molar-refractivity contribution >= 4 is 27.3 Å². The molecular weight excluding hydrogens is 326 g/mol. The summed E-state index contributed by atoms with van der Waals surface area (Å²) in [4.78, 5) is 12.5. The van der Waals surface area contributed by atoms with E-state index in [1.165, 1.54) is 0 Å². The smallest absolute Gasteiger partial charge is 0.232 e. The second kappa shape index (κ2) is 7.53. The highest BCUT2D eigenvalue weighted by Crippen LogP contribution is 2.32. The molecule has 2 unspecified atom stereocenters. The second-order valence-electron chi connectivity index (χ2n) is 6.79. The predicted molar refractivity (Wildman–Crippen MR) is 97.3 cm³/mol. The van der Waals surface area contributed by atoms with Crippen molar-refractivity contribution in [3.8, 4) is 0 Å². The number of amides is 1. The number of nitrogens with two attached hydrogens (primary N) is 1. The molecule has 0 aliphatic heterocycles. The average molecular weight is 353 g/mol. The summed E-state index contributed by atoms with van der Waals surface area (Å²) < 4.78 is 26.0. The molecule has 1 aliphatic carbocycles. The molecule has 0 bridgehead atoms. The Morgan fingerprint density at radius 2 is 1.88 bits per heavy atom. The Hall–Kier alpha value is -1.60. The van der Waals surface area contributed by atoms with E-state index in [1.807, 2.05) is 13.8 Å². The molecule has 1 aliphatic rings. The van der Waals surface area contributed by atoms with Crippen LogP contribution in [0.2, 0.25) is 0 Å². The molecule has 1 saturated carbocycles. The molecule has 0 heterocycles. The van der Waals surface area contributed by atoms with E-state index in [9.17, 15) is 13.2 Å². The van der Waals surface area contributed by atoms with Crippen molar-refractivity contribution in [2.45, 2.75) is 51.5 Å². The third-order valence-corrected chi connectivity index (χ3v) is 5.96. The Morgan fingerprint density at radius 3 is 2.46 bits per heavy atom. The molecule has 0 radical (unpaired) electrons. The lowest BCUT2D eigenvalue weighted by molar-refractivity contribution is -0.122. The molecule has 24 heavy (non-hydrogen) atoms. The van der Waals surface area contributed by atoms with Crippen LogP contribution in [0.1, 0.15) is 46.0 Å². The maximum absolute atomic E-state index is 12.5. The van der Waals surface area contributed by atoms with Crippen molar-refractivity contribution < 1.29 is 13.2 Å². The van der Waals surface area contributed by atoms with Crippen LogP contribution in [0.15, 0.2) is 24.3 Å². The van der Waals surface area contributed by atoms with Gasteiger partial charge in [0.25, 0.3) is 0 Å². The van der Waals surface area contributed by atoms with Crippen LogP contribution in [0, 0.1) is 5.92 Å². The largest absolute Gasteiger partial charge is 0.326 e. The third kappa shape index (κ3) is 4.95. The Balaban J connectivity index is 2.00. The van der Waals surface area contributed by atoms with E-state index in [0.717, 1.165) is 25.7 Å². The van der Waals surface area contributed by atoms with E-state index >= 15 is 0 Å². The summed E-state index contributed by atoms with van der Waals surface area (Å²) in [6.07, 6.45) is 4.28. The monoisotopic (exact) mass is 353 g/mol. The zero-order valence-corrected chi connectivity index (χ0v) is 15.2. The summed E-state index contributed by atoms with van der Waals surface area (Å²) in [6, 6.07) is 6.67. The zero-order valence-electron chi connectivity index (χ0n) is 14.3. The van der Waals surface area contributed by atoms with E-state index in [1.54, 1.807) is 24.3 Å². The van der Waals surface area contributed by atoms with E-state index < -0.39 is 15.6 Å². The lowest BCUT2D eigenvalue weighted by atomic mass is 9.74. The maximum atomic E-state index is 12.5. The maximum Gasteiger partial charge on any atom is 0.232 e. The third-order valence-electron chi connectivity index (χ3n) is 4.47. The molecule has 4 N–H and O–H groups in total. The van der Waals surface area contributed by atoms with Crippen LogP contribution in [0.5, 0.6) is 0 Å². The Labute approximate surface area is 144 Å². The van der Waals surface area contributed by atoms with E-state index in [0.29, 0.717) is 17.8 Å². The standard InChI is InChI=1S/C17H27N3O3S/c1-3-12-24(22,23)20-14-9-7-13(8-10-14)19-16(21)15-6-4-5-11-17(15,2)18/h7-10,15,20H,3-6,11-12,18H2,1-2H3,(H,19,21). The summed E-state index contributed by atoms with van der Waals surface area (Å²) in [5, 5.41) is 2.89. The molecule has 0 aromatic heterocycles. The van der Waals surface area contributed by atoms with Gasteiger partial charge in [-0.1, -0.05) is 19.8 Å². The molecular formula is C17H27N3O3S. The number of benzene rings is 1. The topological polar surface area (TPSA) is 101 Å². The summed E-state index contributed by atoms with van der Waals surface area (Å²) in [6.45, 7) is 3.75. The summed E-state index contributed by atoms with van der Waals surface area (Å²) in [7, 11) is -3.31. The number of hydrogen-bond donors (Lipinski definition) is 3. The molecule has 2 rings (SSSR count). The minimum Gasteiger partial charge on any atom is -0.326 e. The van der Waals surface area contributed by atoms with E-state index in [4.69, 9.17) is 5.73 Å². The Bertz CT molecular complexity index is 669. The number of rotatable bonds is 6. The first-order chi connectivity index (χ1) is 11.2. The molecule has 0 saturated heterocycles. The van der Waals surface area contributed by atoms with Gasteiger partial charge in [-0.15, -0.1) is 0 Å². The molecule has 1 amide bonds. The lowest BCUT2D eigenvalue weighted by Crippen LogP contribution is -2.51. The van der Waals surface area contributed by atoms with Gasteiger partial charge in [0.1, 0.15) is 0 Å². The van der Waals surface area contributed by atoms with Crippen LogP contribution in [0.4, 0.5) is 11.4 Å². The quantitative estimate of drug-likeness (QED) is 0.732. The minimum absolute atomic E-state index is 0.0704. The predicted octanol–water partition coefficient (Wildman–Crippen LogP) is 2.68. The fraction of sp³-hybridized carbons (Fsp3) is 0.588. The van der Waals surface area contributed by atoms with Gasteiger partial charge in [-0.25, -0.2) is 8.42 Å². The fourth-order valence-corrected chi connectivity index (χ4v) is 4.27. The minimum atomic E-state index is -3.31. The van der Waals surface area contributed by atoms with Crippen LogP contribution in [-0.2, 0) is 14.8 Å². The van der Waals surface area contributed by atoms with Gasteiger partial charge in [0.15, 0.2) is 0 Å². The summed E-state index contributed by atoms with van der Waals surface area (Å²) in [5.74, 6) is -0.185. The average Bonchev–Trinajstić information content (AvgIpc) is 2.48. The molecule has 134 valence electrons. The first kappa shape index (κ1) is 18.7. The van der Waals surface area contributed by atoms with Crippen LogP contribution in [-0.4, -0.2) is 25.6 Å². The summed E-state index contributed by atoms with van der Waals surface area (Å²) in [5.41, 5.74) is 6.91. The van der Waals surface area contributed by atoms with Crippen molar-refractivity contribution in [3.05, 3.63) is 24.3 Å². The molecule has 7 heteroatoms. The Kier molecular flexibility index (Phi) is 5.87. The van der Waals surface area contributed by atoms with Crippen LogP contribution < -0.4 is 15.8 Å². The van der Waals surface area contributed by atoms with Gasteiger partial charge in [-0.2, -0.15) is 0 Å². The Morgan fingerprint density at radius 1 is 1.25 bits per heavy atom. The van der Waals surface area contributed by atoms with E-state index in [2.05, 4.69) is 10.0 Å². The number of nitrogens with one attached hydrogen (secondary N) is 2. The van der Waals surface area contributed by atoms with Crippen LogP contribution in [0.3, 0.4) is 0 Å². The van der Waals surface area contributed by atoms with Gasteiger partial charge in [-0.05, 0) is 50.5 Å². The van der Waals surface area contributed by atoms with Crippen molar-refractivity contribution in [1.82, 2.24) is 0 Å². The zero-order chi connectivity index (χ0) is 17.8. The van der Waals surface area contributed by atoms with Crippen molar-refractivity contribution in [2.24, 2.45) is 11.7 Å².